The number of carbonyl (C=O) groups is 1. The number of fused-ring (bicyclic) bond motifs is 1. The zero-order valence-corrected chi connectivity index (χ0v) is 12.6. The van der Waals surface area contributed by atoms with Crippen LogP contribution in [0.5, 0.6) is 0 Å². The van der Waals surface area contributed by atoms with Gasteiger partial charge in [0.2, 0.25) is 0 Å². The van der Waals surface area contributed by atoms with E-state index in [2.05, 4.69) is 11.9 Å². The summed E-state index contributed by atoms with van der Waals surface area (Å²) in [5, 5.41) is 1.10. The van der Waals surface area contributed by atoms with Crippen LogP contribution in [0.4, 0.5) is 0 Å². The van der Waals surface area contributed by atoms with Crippen molar-refractivity contribution in [2.24, 2.45) is 0 Å². The molecule has 1 amide bonds. The van der Waals surface area contributed by atoms with Gasteiger partial charge in [-0.25, -0.2) is 0 Å². The van der Waals surface area contributed by atoms with E-state index in [1.807, 2.05) is 47.0 Å². The number of rotatable bonds is 3. The van der Waals surface area contributed by atoms with Gasteiger partial charge in [-0.05, 0) is 37.7 Å². The van der Waals surface area contributed by atoms with Gasteiger partial charge < -0.3 is 9.88 Å². The fraction of sp³-hybridized carbons (Fsp3) is 0.438. The number of aromatic nitrogens is 1. The van der Waals surface area contributed by atoms with Crippen molar-refractivity contribution in [1.82, 2.24) is 9.88 Å². The molecule has 1 saturated heterocycles. The molecular weight excluding hydrogens is 268 g/mol. The molecular formula is C16H20N2OS. The third-order valence-corrected chi connectivity index (χ3v) is 5.14. The van der Waals surface area contributed by atoms with Crippen LogP contribution in [0.3, 0.4) is 0 Å². The number of para-hydroxylation sites is 1. The third-order valence-electron chi connectivity index (χ3n) is 3.94. The number of hydrogen-bond acceptors (Lipinski definition) is 2. The molecule has 4 heteroatoms. The van der Waals surface area contributed by atoms with E-state index in [9.17, 15) is 4.79 Å². The first-order valence-electron chi connectivity index (χ1n) is 7.26. The van der Waals surface area contributed by atoms with Crippen LogP contribution in [0.2, 0.25) is 0 Å². The van der Waals surface area contributed by atoms with Gasteiger partial charge in [-0.3, -0.25) is 4.79 Å². The normalized spacial score (nSPS) is 19.1. The molecule has 1 N–H and O–H groups in total. The molecule has 0 bridgehead atoms. The highest BCUT2D eigenvalue weighted by atomic mass is 32.2. The molecule has 1 aliphatic rings. The molecule has 1 aliphatic heterocycles. The Kier molecular flexibility index (Phi) is 4.01. The van der Waals surface area contributed by atoms with Gasteiger partial charge in [0, 0.05) is 29.2 Å². The van der Waals surface area contributed by atoms with Gasteiger partial charge in [0.25, 0.3) is 5.91 Å². The molecule has 106 valence electrons. The molecule has 1 atom stereocenters. The summed E-state index contributed by atoms with van der Waals surface area (Å²) in [5.74, 6) is 2.44. The van der Waals surface area contributed by atoms with Gasteiger partial charge in [-0.1, -0.05) is 18.2 Å². The van der Waals surface area contributed by atoms with E-state index in [1.165, 1.54) is 12.2 Å². The Balaban J connectivity index is 1.85. The second-order valence-electron chi connectivity index (χ2n) is 5.23. The molecule has 2 heterocycles. The topological polar surface area (TPSA) is 36.1 Å². The van der Waals surface area contributed by atoms with Crippen molar-refractivity contribution in [3.8, 4) is 0 Å². The van der Waals surface area contributed by atoms with E-state index in [-0.39, 0.29) is 5.91 Å². The molecule has 3 nitrogen and oxygen atoms in total. The van der Waals surface area contributed by atoms with Crippen LogP contribution in [0.15, 0.2) is 30.3 Å². The lowest BCUT2D eigenvalue weighted by Gasteiger charge is -2.33. The Morgan fingerprint density at radius 2 is 2.30 bits per heavy atom. The Bertz CT molecular complexity index is 568. The van der Waals surface area contributed by atoms with E-state index in [4.69, 9.17) is 0 Å². The fourth-order valence-corrected chi connectivity index (χ4v) is 4.04. The highest BCUT2D eigenvalue weighted by Gasteiger charge is 2.26. The molecule has 0 saturated carbocycles. The first kappa shape index (κ1) is 13.6. The largest absolute Gasteiger partial charge is 0.351 e. The fourth-order valence-electron chi connectivity index (χ4n) is 2.88. The van der Waals surface area contributed by atoms with E-state index in [0.717, 1.165) is 29.6 Å². The van der Waals surface area contributed by atoms with Gasteiger partial charge in [0.05, 0.1) is 0 Å². The molecule has 0 radical (unpaired) electrons. The van der Waals surface area contributed by atoms with Crippen molar-refractivity contribution in [1.29, 1.82) is 0 Å². The SMILES string of the molecule is CCN(C(=O)c1cc2ccccc2[nH]1)C1CCCSC1. The van der Waals surface area contributed by atoms with Gasteiger partial charge in [0.15, 0.2) is 0 Å². The van der Waals surface area contributed by atoms with Crippen LogP contribution in [0.25, 0.3) is 10.9 Å². The second-order valence-corrected chi connectivity index (χ2v) is 6.38. The van der Waals surface area contributed by atoms with Crippen LogP contribution in [-0.2, 0) is 0 Å². The number of hydrogen-bond donors (Lipinski definition) is 1. The van der Waals surface area contributed by atoms with Crippen molar-refractivity contribution in [3.63, 3.8) is 0 Å². The van der Waals surface area contributed by atoms with Crippen LogP contribution in [-0.4, -0.2) is 39.9 Å². The molecule has 1 unspecified atom stereocenters. The molecule has 2 aromatic rings. The summed E-state index contributed by atoms with van der Waals surface area (Å²) in [4.78, 5) is 18.0. The summed E-state index contributed by atoms with van der Waals surface area (Å²) < 4.78 is 0. The number of nitrogens with zero attached hydrogens (tertiary/aromatic N) is 1. The molecule has 0 spiro atoms. The average Bonchev–Trinajstić information content (AvgIpc) is 2.93. The van der Waals surface area contributed by atoms with Crippen LogP contribution >= 0.6 is 11.8 Å². The minimum atomic E-state index is 0.135. The van der Waals surface area contributed by atoms with Gasteiger partial charge in [-0.15, -0.1) is 0 Å². The zero-order chi connectivity index (χ0) is 13.9. The number of thioether (sulfide) groups is 1. The smallest absolute Gasteiger partial charge is 0.270 e. The summed E-state index contributed by atoms with van der Waals surface area (Å²) in [6, 6.07) is 10.4. The highest BCUT2D eigenvalue weighted by molar-refractivity contribution is 7.99. The number of amides is 1. The zero-order valence-electron chi connectivity index (χ0n) is 11.8. The van der Waals surface area contributed by atoms with E-state index < -0.39 is 0 Å². The summed E-state index contributed by atoms with van der Waals surface area (Å²) in [5.41, 5.74) is 1.74. The Morgan fingerprint density at radius 3 is 3.00 bits per heavy atom. The predicted octanol–water partition coefficient (Wildman–Crippen LogP) is 3.53. The van der Waals surface area contributed by atoms with Crippen molar-refractivity contribution in [2.75, 3.05) is 18.1 Å². The molecule has 1 fully saturated rings. The Hall–Kier alpha value is -1.42. The third kappa shape index (κ3) is 2.57. The first-order chi connectivity index (χ1) is 9.79. The Morgan fingerprint density at radius 1 is 1.45 bits per heavy atom. The van der Waals surface area contributed by atoms with Crippen LogP contribution in [0, 0.1) is 0 Å². The second kappa shape index (κ2) is 5.92. The van der Waals surface area contributed by atoms with Gasteiger partial charge >= 0.3 is 0 Å². The van der Waals surface area contributed by atoms with E-state index >= 15 is 0 Å². The summed E-state index contributed by atoms with van der Waals surface area (Å²) in [7, 11) is 0. The summed E-state index contributed by atoms with van der Waals surface area (Å²) >= 11 is 1.96. The van der Waals surface area contributed by atoms with E-state index in [0.29, 0.717) is 11.7 Å². The van der Waals surface area contributed by atoms with Crippen LogP contribution < -0.4 is 0 Å². The van der Waals surface area contributed by atoms with Crippen LogP contribution in [0.1, 0.15) is 30.3 Å². The summed E-state index contributed by atoms with van der Waals surface area (Å²) in [6.07, 6.45) is 2.35. The standard InChI is InChI=1S/C16H20N2OS/c1-2-18(13-7-5-9-20-11-13)16(19)15-10-12-6-3-4-8-14(12)17-15/h3-4,6,8,10,13,17H,2,5,7,9,11H2,1H3. The maximum atomic E-state index is 12.7. The number of H-pyrrole nitrogens is 1. The number of aromatic amines is 1. The lowest BCUT2D eigenvalue weighted by Crippen LogP contribution is -2.43. The minimum Gasteiger partial charge on any atom is -0.351 e. The van der Waals surface area contributed by atoms with Crippen molar-refractivity contribution >= 4 is 28.6 Å². The lowest BCUT2D eigenvalue weighted by molar-refractivity contribution is 0.0692. The maximum Gasteiger partial charge on any atom is 0.270 e. The average molecular weight is 288 g/mol. The van der Waals surface area contributed by atoms with Gasteiger partial charge in [0.1, 0.15) is 5.69 Å². The molecule has 3 rings (SSSR count). The van der Waals surface area contributed by atoms with Crippen molar-refractivity contribution < 1.29 is 4.79 Å². The van der Waals surface area contributed by atoms with E-state index in [1.54, 1.807) is 0 Å². The predicted molar refractivity (Wildman–Crippen MR) is 85.4 cm³/mol. The van der Waals surface area contributed by atoms with Crippen molar-refractivity contribution in [3.05, 3.63) is 36.0 Å². The van der Waals surface area contributed by atoms with Crippen molar-refractivity contribution in [2.45, 2.75) is 25.8 Å². The highest BCUT2D eigenvalue weighted by Crippen LogP contribution is 2.24. The monoisotopic (exact) mass is 288 g/mol. The quantitative estimate of drug-likeness (QED) is 0.938. The molecule has 20 heavy (non-hydrogen) atoms. The number of nitrogens with one attached hydrogen (secondary N) is 1. The minimum absolute atomic E-state index is 0.135. The molecule has 1 aromatic heterocycles. The molecule has 1 aromatic carbocycles. The molecule has 0 aliphatic carbocycles. The maximum absolute atomic E-state index is 12.7. The first-order valence-corrected chi connectivity index (χ1v) is 8.41. The summed E-state index contributed by atoms with van der Waals surface area (Å²) in [6.45, 7) is 2.85. The lowest BCUT2D eigenvalue weighted by atomic mass is 10.1. The van der Waals surface area contributed by atoms with Gasteiger partial charge in [-0.2, -0.15) is 11.8 Å². The number of benzene rings is 1. The number of carbonyl (C=O) groups excluding carboxylic acids is 1. The Labute approximate surface area is 123 Å².